The van der Waals surface area contributed by atoms with E-state index in [1.807, 2.05) is 61.7 Å². The Morgan fingerprint density at radius 3 is 2.40 bits per heavy atom. The zero-order valence-corrected chi connectivity index (χ0v) is 23.2. The molecular formula is C26H38N4O3S2. The maximum atomic E-state index is 13.1. The summed E-state index contributed by atoms with van der Waals surface area (Å²) in [5, 5.41) is 0. The number of benzene rings is 1. The van der Waals surface area contributed by atoms with Crippen LogP contribution in [0, 0.1) is 19.8 Å². The minimum atomic E-state index is -1.24. The van der Waals surface area contributed by atoms with Gasteiger partial charge in [-0.25, -0.2) is 8.51 Å². The molecule has 1 unspecified atom stereocenters. The SMILES string of the molecule is COc1cc(C)c(S(=O)N(C)CCSCC(=O)N(C)CC2CCN(c3ccncc3)CC2)c(C)c1. The van der Waals surface area contributed by atoms with Crippen LogP contribution in [0.15, 0.2) is 41.6 Å². The van der Waals surface area contributed by atoms with Crippen LogP contribution in [0.2, 0.25) is 0 Å². The number of piperidine rings is 1. The molecule has 0 radical (unpaired) electrons. The molecule has 1 amide bonds. The molecule has 0 saturated carbocycles. The highest BCUT2D eigenvalue weighted by Gasteiger charge is 2.22. The highest BCUT2D eigenvalue weighted by atomic mass is 32.2. The number of ether oxygens (including phenoxy) is 1. The number of anilines is 1. The molecule has 1 fully saturated rings. The molecule has 0 aliphatic carbocycles. The second-order valence-electron chi connectivity index (χ2n) is 9.15. The van der Waals surface area contributed by atoms with Gasteiger partial charge in [-0.15, -0.1) is 0 Å². The summed E-state index contributed by atoms with van der Waals surface area (Å²) in [6.07, 6.45) is 5.85. The van der Waals surface area contributed by atoms with Gasteiger partial charge in [-0.3, -0.25) is 9.78 Å². The number of aromatic nitrogens is 1. The van der Waals surface area contributed by atoms with Gasteiger partial charge in [0.15, 0.2) is 0 Å². The second-order valence-corrected chi connectivity index (χ2v) is 11.8. The number of thioether (sulfide) groups is 1. The third-order valence-corrected chi connectivity index (χ3v) is 9.17. The third kappa shape index (κ3) is 7.69. The molecule has 1 atom stereocenters. The Morgan fingerprint density at radius 2 is 1.80 bits per heavy atom. The van der Waals surface area contributed by atoms with E-state index in [1.54, 1.807) is 18.9 Å². The molecule has 1 aliphatic rings. The van der Waals surface area contributed by atoms with E-state index in [0.717, 1.165) is 60.0 Å². The van der Waals surface area contributed by atoms with Gasteiger partial charge in [0.25, 0.3) is 0 Å². The van der Waals surface area contributed by atoms with Gasteiger partial charge < -0.3 is 14.5 Å². The number of carbonyl (C=O) groups excluding carboxylic acids is 1. The number of pyridine rings is 1. The van der Waals surface area contributed by atoms with Crippen LogP contribution in [0.25, 0.3) is 0 Å². The molecule has 1 aromatic carbocycles. The van der Waals surface area contributed by atoms with E-state index in [4.69, 9.17) is 4.74 Å². The van der Waals surface area contributed by atoms with E-state index < -0.39 is 11.0 Å². The van der Waals surface area contributed by atoms with E-state index in [-0.39, 0.29) is 5.91 Å². The molecule has 0 spiro atoms. The van der Waals surface area contributed by atoms with Gasteiger partial charge in [-0.2, -0.15) is 11.8 Å². The molecular weight excluding hydrogens is 480 g/mol. The fourth-order valence-electron chi connectivity index (χ4n) is 4.42. The van der Waals surface area contributed by atoms with E-state index >= 15 is 0 Å². The standard InChI is InChI=1S/C26H38N4O3S2/c1-20-16-24(33-5)17-21(2)26(20)35(32)29(4)14-15-34-19-25(31)28(3)18-22-8-12-30(13-9-22)23-6-10-27-11-7-23/h6-7,10-11,16-17,22H,8-9,12-15,18-19H2,1-5H3. The zero-order valence-electron chi connectivity index (χ0n) is 21.5. The zero-order chi connectivity index (χ0) is 25.4. The number of rotatable bonds is 11. The quantitative estimate of drug-likeness (QED) is 0.422. The Balaban J connectivity index is 1.37. The summed E-state index contributed by atoms with van der Waals surface area (Å²) in [6.45, 7) is 7.41. The third-order valence-electron chi connectivity index (χ3n) is 6.50. The van der Waals surface area contributed by atoms with Crippen LogP contribution < -0.4 is 9.64 Å². The number of hydrogen-bond donors (Lipinski definition) is 0. The van der Waals surface area contributed by atoms with Crippen LogP contribution in [-0.4, -0.2) is 83.2 Å². The van der Waals surface area contributed by atoms with Gasteiger partial charge in [0.2, 0.25) is 5.91 Å². The topological polar surface area (TPSA) is 66.0 Å². The molecule has 3 rings (SSSR count). The molecule has 1 aliphatic heterocycles. The van der Waals surface area contributed by atoms with Crippen molar-refractivity contribution in [3.05, 3.63) is 47.8 Å². The minimum absolute atomic E-state index is 0.164. The monoisotopic (exact) mass is 518 g/mol. The first-order chi connectivity index (χ1) is 16.8. The molecule has 2 aromatic rings. The maximum Gasteiger partial charge on any atom is 0.232 e. The first kappa shape index (κ1) is 27.5. The van der Waals surface area contributed by atoms with Gasteiger partial charge in [0.1, 0.15) is 16.7 Å². The van der Waals surface area contributed by atoms with Crippen LogP contribution in [-0.2, 0) is 15.8 Å². The molecule has 0 bridgehead atoms. The first-order valence-electron chi connectivity index (χ1n) is 12.0. The number of hydrogen-bond acceptors (Lipinski definition) is 6. The van der Waals surface area contributed by atoms with Crippen LogP contribution in [0.5, 0.6) is 5.75 Å². The Hall–Kier alpha value is -2.10. The largest absolute Gasteiger partial charge is 0.497 e. The summed E-state index contributed by atoms with van der Waals surface area (Å²) in [6, 6.07) is 7.94. The predicted octanol–water partition coefficient (Wildman–Crippen LogP) is 3.77. The van der Waals surface area contributed by atoms with Gasteiger partial charge in [-0.1, -0.05) is 0 Å². The van der Waals surface area contributed by atoms with Crippen molar-refractivity contribution in [3.8, 4) is 5.75 Å². The number of aryl methyl sites for hydroxylation is 2. The second kappa shape index (κ2) is 13.3. The molecule has 7 nitrogen and oxygen atoms in total. The fraction of sp³-hybridized carbons (Fsp3) is 0.538. The van der Waals surface area contributed by atoms with Gasteiger partial charge >= 0.3 is 0 Å². The molecule has 1 saturated heterocycles. The van der Waals surface area contributed by atoms with Crippen molar-refractivity contribution in [1.82, 2.24) is 14.2 Å². The lowest BCUT2D eigenvalue weighted by atomic mass is 9.96. The van der Waals surface area contributed by atoms with Crippen LogP contribution >= 0.6 is 11.8 Å². The fourth-order valence-corrected chi connectivity index (χ4v) is 6.72. The molecule has 192 valence electrons. The number of nitrogens with zero attached hydrogens (tertiary/aromatic N) is 4. The lowest BCUT2D eigenvalue weighted by Crippen LogP contribution is -2.40. The molecule has 0 N–H and O–H groups in total. The van der Waals surface area contributed by atoms with Crippen molar-refractivity contribution in [2.45, 2.75) is 31.6 Å². The normalized spacial score (nSPS) is 15.3. The average Bonchev–Trinajstić information content (AvgIpc) is 2.86. The Labute approximate surface area is 216 Å². The number of methoxy groups -OCH3 is 1. The van der Waals surface area contributed by atoms with Crippen molar-refractivity contribution in [3.63, 3.8) is 0 Å². The summed E-state index contributed by atoms with van der Waals surface area (Å²) in [5.74, 6) is 2.68. The van der Waals surface area contributed by atoms with Crippen LogP contribution in [0.1, 0.15) is 24.0 Å². The van der Waals surface area contributed by atoms with E-state index in [9.17, 15) is 9.00 Å². The smallest absolute Gasteiger partial charge is 0.232 e. The van der Waals surface area contributed by atoms with Gasteiger partial charge in [-0.05, 0) is 68.0 Å². The summed E-state index contributed by atoms with van der Waals surface area (Å²) < 4.78 is 20.2. The Bertz CT molecular complexity index is 974. The van der Waals surface area contributed by atoms with Crippen molar-refractivity contribution < 1.29 is 13.7 Å². The van der Waals surface area contributed by atoms with Crippen molar-refractivity contribution >= 4 is 34.3 Å². The van der Waals surface area contributed by atoms with Gasteiger partial charge in [0, 0.05) is 64.1 Å². The van der Waals surface area contributed by atoms with Gasteiger partial charge in [0.05, 0.1) is 17.8 Å². The average molecular weight is 519 g/mol. The number of carbonyl (C=O) groups is 1. The number of amides is 1. The van der Waals surface area contributed by atoms with E-state index in [2.05, 4.69) is 22.0 Å². The van der Waals surface area contributed by atoms with Crippen LogP contribution in [0.4, 0.5) is 5.69 Å². The summed E-state index contributed by atoms with van der Waals surface area (Å²) in [4.78, 5) is 21.9. The highest BCUT2D eigenvalue weighted by molar-refractivity contribution is 8.00. The van der Waals surface area contributed by atoms with E-state index in [0.29, 0.717) is 18.2 Å². The lowest BCUT2D eigenvalue weighted by Gasteiger charge is -2.35. The molecule has 35 heavy (non-hydrogen) atoms. The predicted molar refractivity (Wildman–Crippen MR) is 146 cm³/mol. The summed E-state index contributed by atoms with van der Waals surface area (Å²) in [5.41, 5.74) is 3.15. The van der Waals surface area contributed by atoms with Crippen LogP contribution in [0.3, 0.4) is 0 Å². The first-order valence-corrected chi connectivity index (χ1v) is 14.3. The Morgan fingerprint density at radius 1 is 1.17 bits per heavy atom. The van der Waals surface area contributed by atoms with Crippen molar-refractivity contribution in [2.75, 3.05) is 63.8 Å². The minimum Gasteiger partial charge on any atom is -0.497 e. The summed E-state index contributed by atoms with van der Waals surface area (Å²) in [7, 11) is 4.17. The lowest BCUT2D eigenvalue weighted by molar-refractivity contribution is -0.127. The van der Waals surface area contributed by atoms with Crippen molar-refractivity contribution in [1.29, 1.82) is 0 Å². The maximum absolute atomic E-state index is 13.1. The summed E-state index contributed by atoms with van der Waals surface area (Å²) >= 11 is 1.60. The molecule has 9 heteroatoms. The molecule has 1 aromatic heterocycles. The highest BCUT2D eigenvalue weighted by Crippen LogP contribution is 2.26. The molecule has 2 heterocycles. The Kier molecular flexibility index (Phi) is 10.4. The van der Waals surface area contributed by atoms with E-state index in [1.165, 1.54) is 5.69 Å². The van der Waals surface area contributed by atoms with Crippen molar-refractivity contribution in [2.24, 2.45) is 5.92 Å².